The SMILES string of the molecule is CCN1CCCC1Cc1ncc(CNC)s1. The van der Waals surface area contributed by atoms with Crippen LogP contribution in [0.1, 0.15) is 29.7 Å². The lowest BCUT2D eigenvalue weighted by Gasteiger charge is -2.21. The van der Waals surface area contributed by atoms with E-state index in [1.54, 1.807) is 0 Å². The van der Waals surface area contributed by atoms with Crippen molar-refractivity contribution >= 4 is 11.3 Å². The molecule has 0 amide bonds. The zero-order valence-electron chi connectivity index (χ0n) is 10.2. The average molecular weight is 239 g/mol. The quantitative estimate of drug-likeness (QED) is 0.850. The molecular weight excluding hydrogens is 218 g/mol. The predicted octanol–water partition coefficient (Wildman–Crippen LogP) is 1.89. The standard InChI is InChI=1S/C12H21N3S/c1-3-15-6-4-5-10(15)7-12-14-9-11(16-12)8-13-2/h9-10,13H,3-8H2,1-2H3. The van der Waals surface area contributed by atoms with Crippen LogP contribution in [0.15, 0.2) is 6.20 Å². The summed E-state index contributed by atoms with van der Waals surface area (Å²) in [5, 5.41) is 4.47. The molecule has 0 radical (unpaired) electrons. The molecule has 1 aromatic rings. The van der Waals surface area contributed by atoms with E-state index in [0.29, 0.717) is 0 Å². The molecule has 3 nitrogen and oxygen atoms in total. The zero-order chi connectivity index (χ0) is 11.4. The van der Waals surface area contributed by atoms with Crippen LogP contribution in [0.3, 0.4) is 0 Å². The van der Waals surface area contributed by atoms with Crippen LogP contribution >= 0.6 is 11.3 Å². The number of aromatic nitrogens is 1. The molecule has 4 heteroatoms. The number of nitrogens with zero attached hydrogens (tertiary/aromatic N) is 2. The van der Waals surface area contributed by atoms with Crippen molar-refractivity contribution in [3.05, 3.63) is 16.1 Å². The molecule has 0 saturated carbocycles. The molecule has 0 bridgehead atoms. The highest BCUT2D eigenvalue weighted by atomic mass is 32.1. The number of likely N-dealkylation sites (N-methyl/N-ethyl adjacent to an activating group) is 1. The van der Waals surface area contributed by atoms with Crippen molar-refractivity contribution in [3.8, 4) is 0 Å². The lowest BCUT2D eigenvalue weighted by Crippen LogP contribution is -2.30. The molecule has 1 aliphatic heterocycles. The second kappa shape index (κ2) is 5.75. The fourth-order valence-electron chi connectivity index (χ4n) is 2.44. The molecule has 0 aromatic carbocycles. The summed E-state index contributed by atoms with van der Waals surface area (Å²) in [5.41, 5.74) is 0. The summed E-state index contributed by atoms with van der Waals surface area (Å²) in [5.74, 6) is 0. The van der Waals surface area contributed by atoms with Gasteiger partial charge in [-0.05, 0) is 33.0 Å². The molecule has 1 aromatic heterocycles. The van der Waals surface area contributed by atoms with Gasteiger partial charge in [-0.25, -0.2) is 4.98 Å². The van der Waals surface area contributed by atoms with Crippen LogP contribution in [-0.4, -0.2) is 36.1 Å². The third-order valence-electron chi connectivity index (χ3n) is 3.27. The fourth-order valence-corrected chi connectivity index (χ4v) is 3.45. The number of hydrogen-bond acceptors (Lipinski definition) is 4. The van der Waals surface area contributed by atoms with Crippen LogP contribution < -0.4 is 5.32 Å². The van der Waals surface area contributed by atoms with E-state index in [2.05, 4.69) is 22.1 Å². The lowest BCUT2D eigenvalue weighted by molar-refractivity contribution is 0.266. The third-order valence-corrected chi connectivity index (χ3v) is 4.29. The number of hydrogen-bond donors (Lipinski definition) is 1. The van der Waals surface area contributed by atoms with Crippen LogP contribution in [0.4, 0.5) is 0 Å². The molecule has 1 saturated heterocycles. The van der Waals surface area contributed by atoms with Gasteiger partial charge >= 0.3 is 0 Å². The van der Waals surface area contributed by atoms with E-state index in [1.165, 1.54) is 35.8 Å². The highest BCUT2D eigenvalue weighted by Gasteiger charge is 2.23. The van der Waals surface area contributed by atoms with Crippen LogP contribution in [-0.2, 0) is 13.0 Å². The minimum absolute atomic E-state index is 0.735. The zero-order valence-corrected chi connectivity index (χ0v) is 11.0. The summed E-state index contributed by atoms with van der Waals surface area (Å²) in [6.45, 7) is 5.65. The van der Waals surface area contributed by atoms with Gasteiger partial charge < -0.3 is 10.2 Å². The average Bonchev–Trinajstić information content (AvgIpc) is 2.89. The molecular formula is C12H21N3S. The maximum absolute atomic E-state index is 4.52. The van der Waals surface area contributed by atoms with Gasteiger partial charge in [0.1, 0.15) is 0 Å². The summed E-state index contributed by atoms with van der Waals surface area (Å²) in [6, 6.07) is 0.735. The maximum atomic E-state index is 4.52. The molecule has 90 valence electrons. The summed E-state index contributed by atoms with van der Waals surface area (Å²) in [7, 11) is 1.98. The van der Waals surface area contributed by atoms with Crippen LogP contribution in [0.25, 0.3) is 0 Å². The van der Waals surface area contributed by atoms with E-state index < -0.39 is 0 Å². The Labute approximate surface area is 102 Å². The Hall–Kier alpha value is -0.450. The molecule has 0 spiro atoms. The van der Waals surface area contributed by atoms with Gasteiger partial charge in [0.15, 0.2) is 0 Å². The van der Waals surface area contributed by atoms with E-state index in [0.717, 1.165) is 19.0 Å². The minimum Gasteiger partial charge on any atom is -0.315 e. The minimum atomic E-state index is 0.735. The molecule has 1 aliphatic rings. The van der Waals surface area contributed by atoms with Crippen LogP contribution in [0, 0.1) is 0 Å². The molecule has 0 aliphatic carbocycles. The normalized spacial score (nSPS) is 21.8. The molecule has 1 N–H and O–H groups in total. The smallest absolute Gasteiger partial charge is 0.0943 e. The summed E-state index contributed by atoms with van der Waals surface area (Å²) >= 11 is 1.86. The Morgan fingerprint density at radius 3 is 3.25 bits per heavy atom. The first-order valence-electron chi connectivity index (χ1n) is 6.15. The van der Waals surface area contributed by atoms with Crippen molar-refractivity contribution < 1.29 is 0 Å². The molecule has 1 fully saturated rings. The number of thiazole rings is 1. The molecule has 16 heavy (non-hydrogen) atoms. The molecule has 2 heterocycles. The Kier molecular flexibility index (Phi) is 4.32. The van der Waals surface area contributed by atoms with E-state index in [4.69, 9.17) is 0 Å². The van der Waals surface area contributed by atoms with Gasteiger partial charge in [0.25, 0.3) is 0 Å². The third kappa shape index (κ3) is 2.81. The Balaban J connectivity index is 1.92. The largest absolute Gasteiger partial charge is 0.315 e. The fraction of sp³-hybridized carbons (Fsp3) is 0.750. The topological polar surface area (TPSA) is 28.2 Å². The van der Waals surface area contributed by atoms with Gasteiger partial charge in [-0.15, -0.1) is 11.3 Å². The monoisotopic (exact) mass is 239 g/mol. The highest BCUT2D eigenvalue weighted by Crippen LogP contribution is 2.23. The van der Waals surface area contributed by atoms with E-state index >= 15 is 0 Å². The van der Waals surface area contributed by atoms with Crippen molar-refractivity contribution in [2.24, 2.45) is 0 Å². The van der Waals surface area contributed by atoms with E-state index in [1.807, 2.05) is 24.6 Å². The molecule has 2 rings (SSSR count). The number of rotatable bonds is 5. The van der Waals surface area contributed by atoms with Crippen molar-refractivity contribution in [1.82, 2.24) is 15.2 Å². The summed E-state index contributed by atoms with van der Waals surface area (Å²) < 4.78 is 0. The van der Waals surface area contributed by atoms with Crippen LogP contribution in [0.5, 0.6) is 0 Å². The molecule has 1 unspecified atom stereocenters. The van der Waals surface area contributed by atoms with Gasteiger partial charge in [-0.2, -0.15) is 0 Å². The maximum Gasteiger partial charge on any atom is 0.0943 e. The predicted molar refractivity (Wildman–Crippen MR) is 68.9 cm³/mol. The first-order valence-corrected chi connectivity index (χ1v) is 6.97. The van der Waals surface area contributed by atoms with E-state index in [-0.39, 0.29) is 0 Å². The highest BCUT2D eigenvalue weighted by molar-refractivity contribution is 7.11. The Bertz CT molecular complexity index is 324. The first kappa shape index (κ1) is 12.0. The molecule has 1 atom stereocenters. The number of likely N-dealkylation sites (tertiary alicyclic amines) is 1. The summed E-state index contributed by atoms with van der Waals surface area (Å²) in [6.07, 6.45) is 5.85. The summed E-state index contributed by atoms with van der Waals surface area (Å²) in [4.78, 5) is 8.45. The van der Waals surface area contributed by atoms with Gasteiger partial charge in [0, 0.05) is 30.1 Å². The van der Waals surface area contributed by atoms with Crippen molar-refractivity contribution in [3.63, 3.8) is 0 Å². The second-order valence-electron chi connectivity index (χ2n) is 4.38. The van der Waals surface area contributed by atoms with Crippen molar-refractivity contribution in [1.29, 1.82) is 0 Å². The van der Waals surface area contributed by atoms with Gasteiger partial charge in [0.05, 0.1) is 5.01 Å². The van der Waals surface area contributed by atoms with Crippen molar-refractivity contribution in [2.45, 2.75) is 38.8 Å². The van der Waals surface area contributed by atoms with Crippen LogP contribution in [0.2, 0.25) is 0 Å². The van der Waals surface area contributed by atoms with Crippen molar-refractivity contribution in [2.75, 3.05) is 20.1 Å². The Morgan fingerprint density at radius 1 is 1.62 bits per heavy atom. The lowest BCUT2D eigenvalue weighted by atomic mass is 10.1. The number of nitrogens with one attached hydrogen (secondary N) is 1. The van der Waals surface area contributed by atoms with Gasteiger partial charge in [-0.1, -0.05) is 6.92 Å². The van der Waals surface area contributed by atoms with Gasteiger partial charge in [0.2, 0.25) is 0 Å². The second-order valence-corrected chi connectivity index (χ2v) is 5.58. The Morgan fingerprint density at radius 2 is 2.50 bits per heavy atom. The van der Waals surface area contributed by atoms with E-state index in [9.17, 15) is 0 Å². The van der Waals surface area contributed by atoms with Gasteiger partial charge in [-0.3, -0.25) is 0 Å². The first-order chi connectivity index (χ1) is 7.83.